The standard InChI is InChI=1S/C20H22O6/c1-11(10-24-19(22)20(2,3)4)16-18(26-16)15-13(23-5)8-6-12-7-9-14(21)25-17(12)15/h6-9,16,18H,1,10H2,2-5H3/t16-,18-/m0/s1. The Morgan fingerprint density at radius 2 is 1.92 bits per heavy atom. The Balaban J connectivity index is 1.81. The summed E-state index contributed by atoms with van der Waals surface area (Å²) in [5, 5.41) is 0.777. The number of rotatable bonds is 5. The predicted molar refractivity (Wildman–Crippen MR) is 96.2 cm³/mol. The molecule has 3 rings (SSSR count). The average Bonchev–Trinajstić information content (AvgIpc) is 3.37. The first kappa shape index (κ1) is 18.2. The maximum Gasteiger partial charge on any atom is 0.336 e. The molecule has 1 aliphatic rings. The number of ether oxygens (including phenoxy) is 3. The minimum absolute atomic E-state index is 0.0777. The summed E-state index contributed by atoms with van der Waals surface area (Å²) in [5.74, 6) is 0.267. The number of carbonyl (C=O) groups is 1. The molecule has 2 heterocycles. The largest absolute Gasteiger partial charge is 0.496 e. The Bertz CT molecular complexity index is 918. The van der Waals surface area contributed by atoms with Crippen molar-refractivity contribution >= 4 is 16.9 Å². The fraction of sp³-hybridized carbons (Fsp3) is 0.400. The van der Waals surface area contributed by atoms with E-state index in [1.165, 1.54) is 6.07 Å². The second-order valence-electron chi connectivity index (χ2n) is 7.32. The molecule has 1 saturated heterocycles. The van der Waals surface area contributed by atoms with Gasteiger partial charge in [-0.3, -0.25) is 4.79 Å². The molecule has 0 bridgehead atoms. The molecule has 26 heavy (non-hydrogen) atoms. The highest BCUT2D eigenvalue weighted by molar-refractivity contribution is 5.83. The van der Waals surface area contributed by atoms with Gasteiger partial charge in [0.15, 0.2) is 0 Å². The number of methoxy groups -OCH3 is 1. The zero-order chi connectivity index (χ0) is 19.1. The fourth-order valence-corrected chi connectivity index (χ4v) is 2.68. The lowest BCUT2D eigenvalue weighted by molar-refractivity contribution is -0.151. The van der Waals surface area contributed by atoms with Crippen LogP contribution in [0.1, 0.15) is 32.4 Å². The first-order chi connectivity index (χ1) is 12.2. The van der Waals surface area contributed by atoms with Crippen molar-refractivity contribution in [3.05, 3.63) is 52.4 Å². The SMILES string of the molecule is C=C(COC(=O)C(C)(C)C)[C@@H]1O[C@H]1c1c(OC)ccc2ccc(=O)oc12. The van der Waals surface area contributed by atoms with Crippen LogP contribution in [-0.2, 0) is 14.3 Å². The summed E-state index contributed by atoms with van der Waals surface area (Å²) in [5.41, 5.74) is 0.721. The molecule has 0 aliphatic carbocycles. The predicted octanol–water partition coefficient (Wildman–Crippen LogP) is 3.39. The lowest BCUT2D eigenvalue weighted by Crippen LogP contribution is -2.24. The van der Waals surface area contributed by atoms with Gasteiger partial charge in [-0.2, -0.15) is 0 Å². The third-order valence-corrected chi connectivity index (χ3v) is 4.19. The van der Waals surface area contributed by atoms with Crippen LogP contribution in [0, 0.1) is 5.41 Å². The highest BCUT2D eigenvalue weighted by Crippen LogP contribution is 2.48. The molecule has 6 nitrogen and oxygen atoms in total. The number of esters is 1. The number of hydrogen-bond donors (Lipinski definition) is 0. The van der Waals surface area contributed by atoms with Crippen LogP contribution >= 0.6 is 0 Å². The van der Waals surface area contributed by atoms with Gasteiger partial charge in [0.1, 0.15) is 30.1 Å². The molecule has 0 unspecified atom stereocenters. The van der Waals surface area contributed by atoms with Gasteiger partial charge >= 0.3 is 11.6 Å². The molecule has 1 aromatic carbocycles. The lowest BCUT2D eigenvalue weighted by atomic mass is 9.97. The zero-order valence-corrected chi connectivity index (χ0v) is 15.3. The molecule has 0 saturated carbocycles. The maximum atomic E-state index is 11.9. The maximum absolute atomic E-state index is 11.9. The third kappa shape index (κ3) is 3.51. The smallest absolute Gasteiger partial charge is 0.336 e. The van der Waals surface area contributed by atoms with E-state index in [-0.39, 0.29) is 24.8 Å². The normalized spacial score (nSPS) is 19.2. The van der Waals surface area contributed by atoms with Crippen molar-refractivity contribution in [3.63, 3.8) is 0 Å². The molecule has 2 aromatic rings. The van der Waals surface area contributed by atoms with Crippen LogP contribution in [0.15, 0.2) is 45.6 Å². The molecule has 138 valence electrons. The fourth-order valence-electron chi connectivity index (χ4n) is 2.68. The molecule has 0 amide bonds. The summed E-state index contributed by atoms with van der Waals surface area (Å²) in [7, 11) is 1.54. The van der Waals surface area contributed by atoms with Gasteiger partial charge in [-0.15, -0.1) is 0 Å². The van der Waals surface area contributed by atoms with Gasteiger partial charge < -0.3 is 18.6 Å². The van der Waals surface area contributed by atoms with E-state index in [0.717, 1.165) is 5.39 Å². The van der Waals surface area contributed by atoms with Gasteiger partial charge in [-0.25, -0.2) is 4.79 Å². The Morgan fingerprint density at radius 3 is 2.58 bits per heavy atom. The summed E-state index contributed by atoms with van der Waals surface area (Å²) in [6.45, 7) is 9.41. The van der Waals surface area contributed by atoms with Gasteiger partial charge in [0.25, 0.3) is 0 Å². The Morgan fingerprint density at radius 1 is 1.23 bits per heavy atom. The molecule has 1 aliphatic heterocycles. The van der Waals surface area contributed by atoms with E-state index in [1.54, 1.807) is 40.0 Å². The molecule has 0 radical (unpaired) electrons. The molecular weight excluding hydrogens is 336 g/mol. The number of fused-ring (bicyclic) bond motifs is 1. The van der Waals surface area contributed by atoms with Crippen LogP contribution in [0.25, 0.3) is 11.0 Å². The lowest BCUT2D eigenvalue weighted by Gasteiger charge is -2.16. The van der Waals surface area contributed by atoms with Crippen molar-refractivity contribution in [3.8, 4) is 5.75 Å². The molecule has 2 atom stereocenters. The van der Waals surface area contributed by atoms with Crippen molar-refractivity contribution in [2.24, 2.45) is 5.41 Å². The second-order valence-corrected chi connectivity index (χ2v) is 7.32. The van der Waals surface area contributed by atoms with Crippen molar-refractivity contribution in [1.82, 2.24) is 0 Å². The highest BCUT2D eigenvalue weighted by Gasteiger charge is 2.46. The molecule has 0 spiro atoms. The number of hydrogen-bond acceptors (Lipinski definition) is 6. The van der Waals surface area contributed by atoms with Crippen molar-refractivity contribution < 1.29 is 23.4 Å². The number of carbonyl (C=O) groups excluding carboxylic acids is 1. The minimum atomic E-state index is -0.577. The summed E-state index contributed by atoms with van der Waals surface area (Å²) in [6, 6.07) is 6.69. The molecule has 0 N–H and O–H groups in total. The van der Waals surface area contributed by atoms with E-state index in [0.29, 0.717) is 22.5 Å². The van der Waals surface area contributed by atoms with Gasteiger partial charge in [-0.1, -0.05) is 6.58 Å². The Kier molecular flexibility index (Phi) is 4.63. The van der Waals surface area contributed by atoms with Crippen molar-refractivity contribution in [1.29, 1.82) is 0 Å². The summed E-state index contributed by atoms with van der Waals surface area (Å²) < 4.78 is 21.8. The van der Waals surface area contributed by atoms with E-state index >= 15 is 0 Å². The van der Waals surface area contributed by atoms with Crippen LogP contribution in [-0.4, -0.2) is 25.8 Å². The highest BCUT2D eigenvalue weighted by atomic mass is 16.6. The first-order valence-corrected chi connectivity index (χ1v) is 8.33. The molecule has 1 aromatic heterocycles. The first-order valence-electron chi connectivity index (χ1n) is 8.33. The van der Waals surface area contributed by atoms with Crippen LogP contribution in [0.3, 0.4) is 0 Å². The van der Waals surface area contributed by atoms with Crippen LogP contribution in [0.5, 0.6) is 5.75 Å². The average molecular weight is 358 g/mol. The Labute approximate surface area is 151 Å². The topological polar surface area (TPSA) is 78.3 Å². The van der Waals surface area contributed by atoms with Gasteiger partial charge in [0.05, 0.1) is 18.1 Å². The molecule has 1 fully saturated rings. The quantitative estimate of drug-likeness (QED) is 0.353. The number of benzene rings is 1. The van der Waals surface area contributed by atoms with Crippen LogP contribution in [0.2, 0.25) is 0 Å². The zero-order valence-electron chi connectivity index (χ0n) is 15.3. The summed E-state index contributed by atoms with van der Waals surface area (Å²) in [6.07, 6.45) is -0.687. The van der Waals surface area contributed by atoms with E-state index in [9.17, 15) is 9.59 Å². The van der Waals surface area contributed by atoms with Crippen LogP contribution < -0.4 is 10.4 Å². The minimum Gasteiger partial charge on any atom is -0.496 e. The van der Waals surface area contributed by atoms with Crippen LogP contribution in [0.4, 0.5) is 0 Å². The van der Waals surface area contributed by atoms with E-state index in [4.69, 9.17) is 18.6 Å². The van der Waals surface area contributed by atoms with E-state index in [2.05, 4.69) is 6.58 Å². The number of epoxide rings is 1. The molecular formula is C20H22O6. The van der Waals surface area contributed by atoms with E-state index in [1.807, 2.05) is 6.07 Å². The van der Waals surface area contributed by atoms with Crippen molar-refractivity contribution in [2.45, 2.75) is 33.0 Å². The summed E-state index contributed by atoms with van der Waals surface area (Å²) >= 11 is 0. The monoisotopic (exact) mass is 358 g/mol. The second kappa shape index (κ2) is 6.61. The van der Waals surface area contributed by atoms with E-state index < -0.39 is 11.0 Å². The van der Waals surface area contributed by atoms with Gasteiger partial charge in [0, 0.05) is 11.5 Å². The van der Waals surface area contributed by atoms with Gasteiger partial charge in [0.2, 0.25) is 0 Å². The summed E-state index contributed by atoms with van der Waals surface area (Å²) in [4.78, 5) is 23.5. The third-order valence-electron chi connectivity index (χ3n) is 4.19. The van der Waals surface area contributed by atoms with Gasteiger partial charge in [-0.05, 0) is 44.5 Å². The van der Waals surface area contributed by atoms with Crippen molar-refractivity contribution in [2.75, 3.05) is 13.7 Å². The molecule has 6 heteroatoms. The Hall–Kier alpha value is -2.60.